The van der Waals surface area contributed by atoms with Gasteiger partial charge in [0.1, 0.15) is 0 Å². The molecule has 2 aromatic carbocycles. The summed E-state index contributed by atoms with van der Waals surface area (Å²) in [5, 5.41) is 6.75. The Morgan fingerprint density at radius 2 is 1.96 bits per heavy atom. The third-order valence-electron chi connectivity index (χ3n) is 3.60. The maximum absolute atomic E-state index is 12.7. The van der Waals surface area contributed by atoms with E-state index in [9.17, 15) is 18.0 Å². The zero-order valence-electron chi connectivity index (χ0n) is 12.7. The molecule has 3 rings (SSSR count). The molecule has 0 saturated heterocycles. The Balaban J connectivity index is 1.67. The fourth-order valence-electron chi connectivity index (χ4n) is 2.37. The van der Waals surface area contributed by atoms with E-state index in [1.54, 1.807) is 24.3 Å². The van der Waals surface area contributed by atoms with Crippen LogP contribution in [0.5, 0.6) is 0 Å². The summed E-state index contributed by atoms with van der Waals surface area (Å²) >= 11 is 6.08. The zero-order chi connectivity index (χ0) is 18.0. The summed E-state index contributed by atoms with van der Waals surface area (Å²) in [6.45, 7) is 0. The highest BCUT2D eigenvalue weighted by Crippen LogP contribution is 2.31. The lowest BCUT2D eigenvalue weighted by atomic mass is 10.0. The number of carbonyl (C=O) groups excluding carboxylic acids is 1. The number of rotatable bonds is 3. The van der Waals surface area contributed by atoms with E-state index in [2.05, 4.69) is 10.5 Å². The monoisotopic (exact) mass is 368 g/mol. The lowest BCUT2D eigenvalue weighted by molar-refractivity contribution is -0.137. The second-order valence-corrected chi connectivity index (χ2v) is 5.79. The fraction of sp³-hybridized carbons (Fsp3) is 0.176. The van der Waals surface area contributed by atoms with Crippen LogP contribution in [-0.2, 0) is 15.8 Å². The van der Waals surface area contributed by atoms with Crippen molar-refractivity contribution in [2.24, 2.45) is 5.16 Å². The Labute approximate surface area is 146 Å². The van der Waals surface area contributed by atoms with Crippen LogP contribution < -0.4 is 5.32 Å². The summed E-state index contributed by atoms with van der Waals surface area (Å²) in [6.07, 6.45) is -5.24. The van der Waals surface area contributed by atoms with Gasteiger partial charge in [-0.15, -0.1) is 0 Å². The van der Waals surface area contributed by atoms with Crippen LogP contribution >= 0.6 is 11.6 Å². The van der Waals surface area contributed by atoms with E-state index in [0.717, 1.165) is 12.1 Å². The number of hydrogen-bond donors (Lipinski definition) is 1. The molecule has 0 spiro atoms. The van der Waals surface area contributed by atoms with Crippen molar-refractivity contribution in [3.05, 3.63) is 64.7 Å². The molecule has 1 aliphatic heterocycles. The van der Waals surface area contributed by atoms with Crippen LogP contribution in [0.1, 0.15) is 17.5 Å². The van der Waals surface area contributed by atoms with E-state index in [-0.39, 0.29) is 12.1 Å². The van der Waals surface area contributed by atoms with E-state index in [1.807, 2.05) is 0 Å². The standard InChI is InChI=1S/C17H12ClF3N2O2/c18-13-7-2-1-6-12(13)14-9-15(25-23-14)16(24)22-11-5-3-4-10(8-11)17(19,20)21/h1-8,15H,9H2,(H,22,24)/t15-/m1/s1. The number of benzene rings is 2. The van der Waals surface area contributed by atoms with Crippen molar-refractivity contribution < 1.29 is 22.8 Å². The van der Waals surface area contributed by atoms with Gasteiger partial charge in [0, 0.05) is 22.7 Å². The van der Waals surface area contributed by atoms with E-state index in [1.165, 1.54) is 12.1 Å². The lowest BCUT2D eigenvalue weighted by Crippen LogP contribution is -2.28. The summed E-state index contributed by atoms with van der Waals surface area (Å²) in [5.74, 6) is -0.579. The Bertz CT molecular complexity index is 837. The Kier molecular flexibility index (Phi) is 4.67. The molecule has 0 aromatic heterocycles. The molecule has 1 N–H and O–H groups in total. The van der Waals surface area contributed by atoms with Crippen molar-refractivity contribution >= 4 is 28.9 Å². The van der Waals surface area contributed by atoms with Crippen LogP contribution in [0.15, 0.2) is 53.7 Å². The predicted octanol–water partition coefficient (Wildman–Crippen LogP) is 4.49. The Morgan fingerprint density at radius 1 is 1.20 bits per heavy atom. The highest BCUT2D eigenvalue weighted by Gasteiger charge is 2.32. The third kappa shape index (κ3) is 3.93. The molecule has 0 saturated carbocycles. The molecule has 25 heavy (non-hydrogen) atoms. The van der Waals surface area contributed by atoms with Crippen LogP contribution in [0.4, 0.5) is 18.9 Å². The largest absolute Gasteiger partial charge is 0.416 e. The molecule has 4 nitrogen and oxygen atoms in total. The quantitative estimate of drug-likeness (QED) is 0.867. The molecule has 0 unspecified atom stereocenters. The van der Waals surface area contributed by atoms with Gasteiger partial charge in [0.25, 0.3) is 5.91 Å². The first kappa shape index (κ1) is 17.3. The van der Waals surface area contributed by atoms with Crippen molar-refractivity contribution in [1.29, 1.82) is 0 Å². The maximum atomic E-state index is 12.7. The van der Waals surface area contributed by atoms with Gasteiger partial charge < -0.3 is 10.2 Å². The van der Waals surface area contributed by atoms with Crippen LogP contribution in [0.2, 0.25) is 5.02 Å². The van der Waals surface area contributed by atoms with Gasteiger partial charge in [-0.2, -0.15) is 13.2 Å². The number of nitrogens with one attached hydrogen (secondary N) is 1. The number of anilines is 1. The van der Waals surface area contributed by atoms with E-state index >= 15 is 0 Å². The molecule has 0 bridgehead atoms. The second kappa shape index (κ2) is 6.76. The second-order valence-electron chi connectivity index (χ2n) is 5.38. The minimum atomic E-state index is -4.48. The van der Waals surface area contributed by atoms with Crippen molar-refractivity contribution in [3.63, 3.8) is 0 Å². The summed E-state index contributed by atoms with van der Waals surface area (Å²) in [4.78, 5) is 17.3. The van der Waals surface area contributed by atoms with Crippen molar-refractivity contribution in [3.8, 4) is 0 Å². The smallest absolute Gasteiger partial charge is 0.382 e. The third-order valence-corrected chi connectivity index (χ3v) is 3.93. The van der Waals surface area contributed by atoms with E-state index in [4.69, 9.17) is 16.4 Å². The topological polar surface area (TPSA) is 50.7 Å². The van der Waals surface area contributed by atoms with Gasteiger partial charge in [0.05, 0.1) is 11.3 Å². The first-order valence-corrected chi connectivity index (χ1v) is 7.68. The van der Waals surface area contributed by atoms with Gasteiger partial charge in [-0.25, -0.2) is 0 Å². The summed E-state index contributed by atoms with van der Waals surface area (Å²) in [7, 11) is 0. The normalized spacial score (nSPS) is 17.0. The average molecular weight is 369 g/mol. The lowest BCUT2D eigenvalue weighted by Gasteiger charge is -2.12. The molecule has 8 heteroatoms. The molecule has 0 fully saturated rings. The number of oxime groups is 1. The van der Waals surface area contributed by atoms with Gasteiger partial charge in [-0.1, -0.05) is 41.0 Å². The average Bonchev–Trinajstić information content (AvgIpc) is 3.04. The van der Waals surface area contributed by atoms with Gasteiger partial charge >= 0.3 is 6.18 Å². The number of carbonyl (C=O) groups is 1. The Morgan fingerprint density at radius 3 is 2.68 bits per heavy atom. The van der Waals surface area contributed by atoms with Gasteiger partial charge in [-0.3, -0.25) is 4.79 Å². The number of alkyl halides is 3. The first-order chi connectivity index (χ1) is 11.8. The van der Waals surface area contributed by atoms with Crippen LogP contribution in [0.3, 0.4) is 0 Å². The molecule has 1 amide bonds. The number of halogens is 4. The number of hydrogen-bond acceptors (Lipinski definition) is 3. The SMILES string of the molecule is O=C(Nc1cccc(C(F)(F)F)c1)[C@H]1CC(c2ccccc2Cl)=NO1. The minimum absolute atomic E-state index is 0.0367. The van der Waals surface area contributed by atoms with Gasteiger partial charge in [-0.05, 0) is 24.3 Å². The molecular weight excluding hydrogens is 357 g/mol. The van der Waals surface area contributed by atoms with Crippen LogP contribution in [0.25, 0.3) is 0 Å². The first-order valence-electron chi connectivity index (χ1n) is 7.30. The molecule has 1 aliphatic rings. The van der Waals surface area contributed by atoms with Crippen molar-refractivity contribution in [1.82, 2.24) is 0 Å². The molecule has 2 aromatic rings. The molecule has 0 radical (unpaired) electrons. The summed E-state index contributed by atoms with van der Waals surface area (Å²) in [5.41, 5.74) is 0.355. The van der Waals surface area contributed by atoms with Crippen molar-refractivity contribution in [2.45, 2.75) is 18.7 Å². The van der Waals surface area contributed by atoms with Crippen LogP contribution in [-0.4, -0.2) is 17.7 Å². The van der Waals surface area contributed by atoms with E-state index in [0.29, 0.717) is 16.3 Å². The molecule has 1 atom stereocenters. The summed E-state index contributed by atoms with van der Waals surface area (Å²) < 4.78 is 38.1. The predicted molar refractivity (Wildman–Crippen MR) is 87.6 cm³/mol. The fourth-order valence-corrected chi connectivity index (χ4v) is 2.61. The minimum Gasteiger partial charge on any atom is -0.382 e. The number of amides is 1. The summed E-state index contributed by atoms with van der Waals surface area (Å²) in [6, 6.07) is 11.4. The molecule has 0 aliphatic carbocycles. The molecule has 130 valence electrons. The van der Waals surface area contributed by atoms with Crippen molar-refractivity contribution in [2.75, 3.05) is 5.32 Å². The number of nitrogens with zero attached hydrogens (tertiary/aromatic N) is 1. The van der Waals surface area contributed by atoms with Gasteiger partial charge in [0.15, 0.2) is 0 Å². The molecular formula is C17H12ClF3N2O2. The van der Waals surface area contributed by atoms with Gasteiger partial charge in [0.2, 0.25) is 6.10 Å². The molecule has 1 heterocycles. The van der Waals surface area contributed by atoms with E-state index < -0.39 is 23.8 Å². The van der Waals surface area contributed by atoms with Crippen LogP contribution in [0, 0.1) is 0 Å². The maximum Gasteiger partial charge on any atom is 0.416 e. The highest BCUT2D eigenvalue weighted by atomic mass is 35.5. The Hall–Kier alpha value is -2.54. The zero-order valence-corrected chi connectivity index (χ0v) is 13.4. The highest BCUT2D eigenvalue weighted by molar-refractivity contribution is 6.34.